The van der Waals surface area contributed by atoms with Gasteiger partial charge in [0.1, 0.15) is 12.6 Å². The molecule has 0 bridgehead atoms. The molecule has 0 aliphatic heterocycles. The summed E-state index contributed by atoms with van der Waals surface area (Å²) >= 11 is 0. The van der Waals surface area contributed by atoms with Crippen LogP contribution in [0, 0.1) is 0 Å². The van der Waals surface area contributed by atoms with Crippen molar-refractivity contribution in [1.29, 1.82) is 0 Å². The van der Waals surface area contributed by atoms with E-state index < -0.39 is 6.04 Å². The van der Waals surface area contributed by atoms with Crippen molar-refractivity contribution >= 4 is 23.6 Å². The lowest BCUT2D eigenvalue weighted by Gasteiger charge is -2.10. The molecule has 0 aliphatic carbocycles. The Morgan fingerprint density at radius 2 is 1.22 bits per heavy atom. The number of hydrogen-bond acceptors (Lipinski definition) is 6. The smallest absolute Gasteiger partial charge is 0.240 e. The topological polar surface area (TPSA) is 85.2 Å². The Labute approximate surface area is 224 Å². The Kier molecular flexibility index (Phi) is 21.1. The van der Waals surface area contributed by atoms with Gasteiger partial charge >= 0.3 is 0 Å². The zero-order valence-corrected chi connectivity index (χ0v) is 23.1. The molecule has 0 saturated heterocycles. The van der Waals surface area contributed by atoms with Gasteiger partial charge in [-0.25, -0.2) is 9.59 Å². The summed E-state index contributed by atoms with van der Waals surface area (Å²) in [5.41, 5.74) is 1.30. The van der Waals surface area contributed by atoms with E-state index in [0.717, 1.165) is 18.4 Å². The molecule has 6 heteroatoms. The van der Waals surface area contributed by atoms with Gasteiger partial charge in [0.2, 0.25) is 12.2 Å². The van der Waals surface area contributed by atoms with Gasteiger partial charge in [0.25, 0.3) is 0 Å². The van der Waals surface area contributed by atoms with E-state index in [0.29, 0.717) is 12.3 Å². The first kappa shape index (κ1) is 32.6. The number of hydrogen-bond donors (Lipinski definition) is 0. The van der Waals surface area contributed by atoms with Gasteiger partial charge in [0.15, 0.2) is 5.78 Å². The first-order chi connectivity index (χ1) is 18.2. The van der Waals surface area contributed by atoms with Crippen molar-refractivity contribution in [2.75, 3.05) is 13.2 Å². The molecule has 0 saturated carbocycles. The fraction of sp³-hybridized carbons (Fsp3) is 0.710. The fourth-order valence-corrected chi connectivity index (χ4v) is 4.48. The molecule has 0 aromatic heterocycles. The van der Waals surface area contributed by atoms with Crippen molar-refractivity contribution < 1.29 is 19.1 Å². The van der Waals surface area contributed by atoms with E-state index in [9.17, 15) is 14.4 Å². The van der Waals surface area contributed by atoms with Crippen molar-refractivity contribution in [2.24, 2.45) is 9.98 Å². The highest BCUT2D eigenvalue weighted by atomic mass is 16.5. The number of carbonyl (C=O) groups is 1. The highest BCUT2D eigenvalue weighted by molar-refractivity contribution is 5.86. The van der Waals surface area contributed by atoms with Crippen molar-refractivity contribution in [2.45, 2.75) is 129 Å². The Bertz CT molecular complexity index is 796. The maximum atomic E-state index is 12.4. The van der Waals surface area contributed by atoms with Crippen LogP contribution in [0.3, 0.4) is 0 Å². The summed E-state index contributed by atoms with van der Waals surface area (Å²) in [7, 11) is 0. The van der Waals surface area contributed by atoms with Crippen LogP contribution in [0.1, 0.15) is 122 Å². The maximum Gasteiger partial charge on any atom is 0.240 e. The summed E-state index contributed by atoms with van der Waals surface area (Å²) in [6.07, 6.45) is 25.8. The molecule has 0 radical (unpaired) electrons. The molecule has 6 nitrogen and oxygen atoms in total. The van der Waals surface area contributed by atoms with E-state index in [1.54, 1.807) is 24.3 Å². The van der Waals surface area contributed by atoms with Crippen LogP contribution >= 0.6 is 0 Å². The van der Waals surface area contributed by atoms with Gasteiger partial charge in [-0.05, 0) is 24.1 Å². The SMILES string of the molecule is CCCCCCCCCCCCCCCCCCCOCC(=O)C(Cc1ccc(N=C=O)cc1)N=C=O. The number of ketones is 1. The molecule has 0 aliphatic rings. The normalized spacial score (nSPS) is 11.5. The largest absolute Gasteiger partial charge is 0.374 e. The van der Waals surface area contributed by atoms with Crippen molar-refractivity contribution in [3.05, 3.63) is 29.8 Å². The molecule has 37 heavy (non-hydrogen) atoms. The molecule has 1 unspecified atom stereocenters. The summed E-state index contributed by atoms with van der Waals surface area (Å²) in [4.78, 5) is 40.7. The summed E-state index contributed by atoms with van der Waals surface area (Å²) < 4.78 is 5.54. The highest BCUT2D eigenvalue weighted by Crippen LogP contribution is 2.16. The van der Waals surface area contributed by atoms with Gasteiger partial charge in [0.05, 0.1) is 5.69 Å². The minimum Gasteiger partial charge on any atom is -0.374 e. The van der Waals surface area contributed by atoms with Gasteiger partial charge in [-0.2, -0.15) is 9.98 Å². The number of nitrogens with zero attached hydrogens (tertiary/aromatic N) is 2. The molecule has 206 valence electrons. The third kappa shape index (κ3) is 18.5. The average Bonchev–Trinajstić information content (AvgIpc) is 2.91. The van der Waals surface area contributed by atoms with E-state index in [2.05, 4.69) is 16.9 Å². The molecule has 1 aromatic carbocycles. The van der Waals surface area contributed by atoms with Gasteiger partial charge in [-0.1, -0.05) is 122 Å². The first-order valence-electron chi connectivity index (χ1n) is 14.6. The van der Waals surface area contributed by atoms with E-state index in [4.69, 9.17) is 4.74 Å². The van der Waals surface area contributed by atoms with Gasteiger partial charge in [-0.3, -0.25) is 4.79 Å². The quantitative estimate of drug-likeness (QED) is 0.0751. The number of unbranched alkanes of at least 4 members (excludes halogenated alkanes) is 16. The number of ether oxygens (including phenoxy) is 1. The van der Waals surface area contributed by atoms with E-state index in [-0.39, 0.29) is 18.8 Å². The Morgan fingerprint density at radius 3 is 1.68 bits per heavy atom. The fourth-order valence-electron chi connectivity index (χ4n) is 4.48. The molecule has 0 N–H and O–H groups in total. The zero-order chi connectivity index (χ0) is 26.8. The average molecular weight is 513 g/mol. The Morgan fingerprint density at radius 1 is 0.730 bits per heavy atom. The number of carbonyl (C=O) groups excluding carboxylic acids is 3. The second-order valence-electron chi connectivity index (χ2n) is 9.99. The molecular formula is C31H48N2O4. The summed E-state index contributed by atoms with van der Waals surface area (Å²) in [5, 5.41) is 0. The summed E-state index contributed by atoms with van der Waals surface area (Å²) in [5.74, 6) is -0.231. The number of rotatable bonds is 25. The molecule has 0 fully saturated rings. The van der Waals surface area contributed by atoms with Crippen LogP contribution in [0.4, 0.5) is 5.69 Å². The second kappa shape index (κ2) is 24.0. The predicted octanol–water partition coefficient (Wildman–Crippen LogP) is 8.14. The molecule has 0 heterocycles. The van der Waals surface area contributed by atoms with Crippen LogP contribution < -0.4 is 0 Å². The van der Waals surface area contributed by atoms with E-state index in [1.165, 1.54) is 108 Å². The van der Waals surface area contributed by atoms with Crippen LogP contribution in [0.5, 0.6) is 0 Å². The van der Waals surface area contributed by atoms with Crippen molar-refractivity contribution in [3.8, 4) is 0 Å². The lowest BCUT2D eigenvalue weighted by Crippen LogP contribution is -2.26. The number of isocyanates is 2. The summed E-state index contributed by atoms with van der Waals surface area (Å²) in [6, 6.07) is 5.99. The molecule has 0 amide bonds. The molecule has 1 rings (SSSR count). The Hall–Kier alpha value is -2.39. The highest BCUT2D eigenvalue weighted by Gasteiger charge is 2.18. The lowest BCUT2D eigenvalue weighted by molar-refractivity contribution is -0.124. The van der Waals surface area contributed by atoms with Gasteiger partial charge in [0, 0.05) is 13.0 Å². The van der Waals surface area contributed by atoms with Crippen molar-refractivity contribution in [1.82, 2.24) is 0 Å². The van der Waals surface area contributed by atoms with Crippen molar-refractivity contribution in [3.63, 3.8) is 0 Å². The number of benzene rings is 1. The second-order valence-corrected chi connectivity index (χ2v) is 9.99. The molecule has 1 aromatic rings. The number of Topliss-reactive ketones (excluding diaryl/α,β-unsaturated/α-hetero) is 1. The van der Waals surface area contributed by atoms with Crippen LogP contribution in [0.15, 0.2) is 34.3 Å². The number of aliphatic imine (C=N–C) groups is 2. The van der Waals surface area contributed by atoms with Crippen LogP contribution in [-0.2, 0) is 25.5 Å². The van der Waals surface area contributed by atoms with E-state index in [1.807, 2.05) is 0 Å². The van der Waals surface area contributed by atoms with Gasteiger partial charge in [-0.15, -0.1) is 0 Å². The molecular weight excluding hydrogens is 464 g/mol. The Balaban J connectivity index is 1.98. The first-order valence-corrected chi connectivity index (χ1v) is 14.6. The maximum absolute atomic E-state index is 12.4. The van der Waals surface area contributed by atoms with Crippen LogP contribution in [-0.4, -0.2) is 37.2 Å². The van der Waals surface area contributed by atoms with E-state index >= 15 is 0 Å². The molecule has 0 spiro atoms. The van der Waals surface area contributed by atoms with Gasteiger partial charge < -0.3 is 4.74 Å². The summed E-state index contributed by atoms with van der Waals surface area (Å²) in [6.45, 7) is 2.76. The minimum atomic E-state index is -0.812. The monoisotopic (exact) mass is 512 g/mol. The van der Waals surface area contributed by atoms with Crippen LogP contribution in [0.25, 0.3) is 0 Å². The standard InChI is InChI=1S/C31H48N2O4/c1-2-3-4-5-6-7-8-9-10-11-12-13-14-15-16-17-18-23-37-25-31(36)30(33-27-35)24-28-19-21-29(22-20-28)32-26-34/h19-22,30H,2-18,23-25H2,1H3. The third-order valence-corrected chi connectivity index (χ3v) is 6.76. The minimum absolute atomic E-state index is 0.0534. The van der Waals surface area contributed by atoms with Crippen LogP contribution in [0.2, 0.25) is 0 Å². The zero-order valence-electron chi connectivity index (χ0n) is 23.1. The third-order valence-electron chi connectivity index (χ3n) is 6.76. The molecule has 1 atom stereocenters. The predicted molar refractivity (Wildman–Crippen MR) is 150 cm³/mol. The lowest BCUT2D eigenvalue weighted by atomic mass is 10.0.